The molecule has 0 amide bonds. The van der Waals surface area contributed by atoms with Gasteiger partial charge >= 0.3 is 0 Å². The molecule has 2 rings (SSSR count). The molecular weight excluding hydrogens is 268 g/mol. The Morgan fingerprint density at radius 3 is 2.69 bits per heavy atom. The summed E-state index contributed by atoms with van der Waals surface area (Å²) in [5.41, 5.74) is 9.32. The number of hydrogen-bond donors (Lipinski definition) is 2. The van der Waals surface area contributed by atoms with Crippen molar-refractivity contribution < 1.29 is 4.74 Å². The Hall–Kier alpha value is -1.00. The molecule has 2 aromatic rings. The lowest BCUT2D eigenvalue weighted by Crippen LogP contribution is -2.05. The standard InChI is InChI=1S/C12H15BrN2O/c1-6(14)12-7(2)15-10-5-11(16-3)9(13)4-8(10)12/h4-6,15H,14H2,1-3H3. The average molecular weight is 283 g/mol. The summed E-state index contributed by atoms with van der Waals surface area (Å²) >= 11 is 3.49. The van der Waals surface area contributed by atoms with Gasteiger partial charge in [-0.2, -0.15) is 0 Å². The Kier molecular flexibility index (Phi) is 2.95. The summed E-state index contributed by atoms with van der Waals surface area (Å²) in [5.74, 6) is 0.824. The molecule has 0 aliphatic heterocycles. The van der Waals surface area contributed by atoms with Crippen molar-refractivity contribution in [3.8, 4) is 5.75 Å². The molecule has 3 nitrogen and oxygen atoms in total. The number of ether oxygens (including phenoxy) is 1. The molecule has 0 saturated heterocycles. The summed E-state index contributed by atoms with van der Waals surface area (Å²) in [6, 6.07) is 4.06. The third-order valence-electron chi connectivity index (χ3n) is 2.76. The third kappa shape index (κ3) is 1.72. The molecule has 16 heavy (non-hydrogen) atoms. The van der Waals surface area contributed by atoms with Gasteiger partial charge in [-0.05, 0) is 41.4 Å². The Morgan fingerprint density at radius 2 is 2.12 bits per heavy atom. The third-order valence-corrected chi connectivity index (χ3v) is 3.38. The average Bonchev–Trinajstić information content (AvgIpc) is 2.51. The Balaban J connectivity index is 2.76. The number of methoxy groups -OCH3 is 1. The second kappa shape index (κ2) is 4.11. The van der Waals surface area contributed by atoms with Crippen LogP contribution in [-0.2, 0) is 0 Å². The number of benzene rings is 1. The van der Waals surface area contributed by atoms with Gasteiger partial charge in [0.2, 0.25) is 0 Å². The van der Waals surface area contributed by atoms with Crippen molar-refractivity contribution in [1.82, 2.24) is 4.98 Å². The maximum absolute atomic E-state index is 5.98. The number of nitrogens with two attached hydrogens (primary N) is 1. The first-order valence-electron chi connectivity index (χ1n) is 5.16. The van der Waals surface area contributed by atoms with Gasteiger partial charge in [0, 0.05) is 28.7 Å². The minimum atomic E-state index is 0.0223. The van der Waals surface area contributed by atoms with Gasteiger partial charge in [0.25, 0.3) is 0 Å². The van der Waals surface area contributed by atoms with Crippen molar-refractivity contribution in [1.29, 1.82) is 0 Å². The maximum Gasteiger partial charge on any atom is 0.135 e. The van der Waals surface area contributed by atoms with E-state index >= 15 is 0 Å². The molecule has 86 valence electrons. The molecule has 4 heteroatoms. The van der Waals surface area contributed by atoms with Gasteiger partial charge in [0.05, 0.1) is 11.6 Å². The van der Waals surface area contributed by atoms with Crippen molar-refractivity contribution >= 4 is 26.8 Å². The highest BCUT2D eigenvalue weighted by Gasteiger charge is 2.14. The minimum absolute atomic E-state index is 0.0223. The largest absolute Gasteiger partial charge is 0.495 e. The second-order valence-corrected chi connectivity index (χ2v) is 4.84. The van der Waals surface area contributed by atoms with Crippen LogP contribution in [0.1, 0.15) is 24.2 Å². The van der Waals surface area contributed by atoms with Crippen LogP contribution in [0.5, 0.6) is 5.75 Å². The number of aryl methyl sites for hydroxylation is 1. The molecule has 0 saturated carbocycles. The normalized spacial score (nSPS) is 13.1. The fraction of sp³-hybridized carbons (Fsp3) is 0.333. The van der Waals surface area contributed by atoms with Gasteiger partial charge < -0.3 is 15.5 Å². The number of rotatable bonds is 2. The second-order valence-electron chi connectivity index (χ2n) is 3.98. The van der Waals surface area contributed by atoms with Crippen LogP contribution >= 0.6 is 15.9 Å². The zero-order valence-corrected chi connectivity index (χ0v) is 11.2. The molecule has 1 aromatic heterocycles. The lowest BCUT2D eigenvalue weighted by atomic mass is 10.1. The van der Waals surface area contributed by atoms with E-state index in [4.69, 9.17) is 10.5 Å². The zero-order valence-electron chi connectivity index (χ0n) is 9.60. The van der Waals surface area contributed by atoms with E-state index < -0.39 is 0 Å². The predicted octanol–water partition coefficient (Wildman–Crippen LogP) is 3.27. The zero-order chi connectivity index (χ0) is 11.9. The summed E-state index contributed by atoms with van der Waals surface area (Å²) in [7, 11) is 1.66. The first kappa shape index (κ1) is 11.5. The molecule has 1 heterocycles. The minimum Gasteiger partial charge on any atom is -0.495 e. The molecule has 1 unspecified atom stereocenters. The topological polar surface area (TPSA) is 51.0 Å². The molecule has 0 bridgehead atoms. The Bertz CT molecular complexity index is 531. The van der Waals surface area contributed by atoms with Crippen molar-refractivity contribution in [2.75, 3.05) is 7.11 Å². The van der Waals surface area contributed by atoms with Crippen LogP contribution in [0, 0.1) is 6.92 Å². The van der Waals surface area contributed by atoms with Crippen LogP contribution in [0.25, 0.3) is 10.9 Å². The lowest BCUT2D eigenvalue weighted by Gasteiger charge is -2.07. The number of fused-ring (bicyclic) bond motifs is 1. The van der Waals surface area contributed by atoms with Crippen molar-refractivity contribution in [3.05, 3.63) is 27.9 Å². The van der Waals surface area contributed by atoms with E-state index in [0.717, 1.165) is 26.8 Å². The van der Waals surface area contributed by atoms with E-state index in [1.54, 1.807) is 7.11 Å². The fourth-order valence-electron chi connectivity index (χ4n) is 2.09. The monoisotopic (exact) mass is 282 g/mol. The number of aromatic nitrogens is 1. The van der Waals surface area contributed by atoms with Crippen LogP contribution in [0.4, 0.5) is 0 Å². The van der Waals surface area contributed by atoms with Crippen LogP contribution in [0.15, 0.2) is 16.6 Å². The molecule has 0 aliphatic carbocycles. The van der Waals surface area contributed by atoms with Gasteiger partial charge in [-0.3, -0.25) is 0 Å². The van der Waals surface area contributed by atoms with E-state index in [-0.39, 0.29) is 6.04 Å². The highest BCUT2D eigenvalue weighted by atomic mass is 79.9. The van der Waals surface area contributed by atoms with Crippen LogP contribution in [-0.4, -0.2) is 12.1 Å². The summed E-state index contributed by atoms with van der Waals surface area (Å²) in [4.78, 5) is 3.33. The summed E-state index contributed by atoms with van der Waals surface area (Å²) in [6.07, 6.45) is 0. The molecule has 0 fully saturated rings. The summed E-state index contributed by atoms with van der Waals surface area (Å²) in [6.45, 7) is 4.03. The highest BCUT2D eigenvalue weighted by Crippen LogP contribution is 2.34. The maximum atomic E-state index is 5.98. The number of aromatic amines is 1. The first-order chi connectivity index (χ1) is 7.54. The smallest absolute Gasteiger partial charge is 0.135 e. The van der Waals surface area contributed by atoms with Crippen molar-refractivity contribution in [3.63, 3.8) is 0 Å². The highest BCUT2D eigenvalue weighted by molar-refractivity contribution is 9.10. The molecule has 1 aromatic carbocycles. The molecular formula is C12H15BrN2O. The number of H-pyrrole nitrogens is 1. The predicted molar refractivity (Wildman–Crippen MR) is 69.9 cm³/mol. The lowest BCUT2D eigenvalue weighted by molar-refractivity contribution is 0.413. The molecule has 3 N–H and O–H groups in total. The Labute approximate surface area is 103 Å². The van der Waals surface area contributed by atoms with E-state index in [9.17, 15) is 0 Å². The quantitative estimate of drug-likeness (QED) is 0.888. The fourth-order valence-corrected chi connectivity index (χ4v) is 2.60. The SMILES string of the molecule is COc1cc2[nH]c(C)c(C(C)N)c2cc1Br. The van der Waals surface area contributed by atoms with Gasteiger partial charge in [-0.15, -0.1) is 0 Å². The molecule has 1 atom stereocenters. The van der Waals surface area contributed by atoms with Crippen molar-refractivity contribution in [2.24, 2.45) is 5.73 Å². The number of halogens is 1. The van der Waals surface area contributed by atoms with Crippen LogP contribution in [0.2, 0.25) is 0 Å². The number of hydrogen-bond acceptors (Lipinski definition) is 2. The Morgan fingerprint density at radius 1 is 1.44 bits per heavy atom. The van der Waals surface area contributed by atoms with E-state index in [1.165, 1.54) is 5.56 Å². The van der Waals surface area contributed by atoms with E-state index in [0.29, 0.717) is 0 Å². The molecule has 0 radical (unpaired) electrons. The van der Waals surface area contributed by atoms with Gasteiger partial charge in [0.15, 0.2) is 0 Å². The molecule has 0 spiro atoms. The summed E-state index contributed by atoms with van der Waals surface area (Å²) < 4.78 is 6.21. The first-order valence-corrected chi connectivity index (χ1v) is 5.95. The van der Waals surface area contributed by atoms with Crippen LogP contribution in [0.3, 0.4) is 0 Å². The van der Waals surface area contributed by atoms with Crippen molar-refractivity contribution in [2.45, 2.75) is 19.9 Å². The van der Waals surface area contributed by atoms with E-state index in [1.807, 2.05) is 19.9 Å². The number of nitrogens with one attached hydrogen (secondary N) is 1. The molecule has 0 aliphatic rings. The summed E-state index contributed by atoms with van der Waals surface area (Å²) in [5, 5.41) is 1.15. The van der Waals surface area contributed by atoms with Gasteiger partial charge in [-0.25, -0.2) is 0 Å². The van der Waals surface area contributed by atoms with Gasteiger partial charge in [0.1, 0.15) is 5.75 Å². The van der Waals surface area contributed by atoms with Gasteiger partial charge in [-0.1, -0.05) is 0 Å². The van der Waals surface area contributed by atoms with Crippen LogP contribution < -0.4 is 10.5 Å². The van der Waals surface area contributed by atoms with E-state index in [2.05, 4.69) is 27.0 Å².